The van der Waals surface area contributed by atoms with Crippen molar-refractivity contribution in [2.75, 3.05) is 5.75 Å². The second kappa shape index (κ2) is 5.15. The molecule has 3 atom stereocenters. The molecule has 76 valence electrons. The van der Waals surface area contributed by atoms with E-state index in [1.807, 2.05) is 0 Å². The predicted octanol–water partition coefficient (Wildman–Crippen LogP) is 2.11. The summed E-state index contributed by atoms with van der Waals surface area (Å²) in [6.07, 6.45) is 5.88. The van der Waals surface area contributed by atoms with E-state index >= 15 is 0 Å². The van der Waals surface area contributed by atoms with Crippen molar-refractivity contribution in [3.8, 4) is 0 Å². The molecule has 3 unspecified atom stereocenters. The number of rotatable bonds is 1. The molecule has 0 aromatic heterocycles. The van der Waals surface area contributed by atoms with E-state index in [9.17, 15) is 4.79 Å². The normalized spacial score (nSPS) is 35.4. The summed E-state index contributed by atoms with van der Waals surface area (Å²) in [5.74, 6) is 1.11. The van der Waals surface area contributed by atoms with E-state index in [-0.39, 0.29) is 5.75 Å². The average molecular weight is 220 g/mol. The Balaban J connectivity index is 0.000000149. The van der Waals surface area contributed by atoms with Crippen LogP contribution in [0.1, 0.15) is 25.7 Å². The first-order valence-corrected chi connectivity index (χ1v) is 5.79. The molecule has 0 aromatic rings. The maximum Gasteiger partial charge on any atom is 0.313 e. The Morgan fingerprint density at radius 3 is 2.15 bits per heavy atom. The quantitative estimate of drug-likeness (QED) is 0.592. The van der Waals surface area contributed by atoms with Crippen LogP contribution in [0.2, 0.25) is 0 Å². The molecule has 2 nitrogen and oxygen atoms in total. The van der Waals surface area contributed by atoms with Gasteiger partial charge in [0, 0.05) is 5.25 Å². The Kier molecular flexibility index (Phi) is 4.46. The first-order valence-electron chi connectivity index (χ1n) is 4.64. The van der Waals surface area contributed by atoms with Crippen molar-refractivity contribution in [1.82, 2.24) is 0 Å². The number of aliphatic carboxylic acids is 1. The lowest BCUT2D eigenvalue weighted by molar-refractivity contribution is -0.133. The Hall–Kier alpha value is 0.170. The fraction of sp³-hybridized carbons (Fsp3) is 0.889. The molecule has 4 heteroatoms. The highest BCUT2D eigenvalue weighted by molar-refractivity contribution is 7.81. The summed E-state index contributed by atoms with van der Waals surface area (Å²) in [6.45, 7) is 0. The lowest BCUT2D eigenvalue weighted by Gasteiger charge is -2.14. The van der Waals surface area contributed by atoms with Gasteiger partial charge in [0.2, 0.25) is 0 Å². The van der Waals surface area contributed by atoms with Crippen molar-refractivity contribution in [3.63, 3.8) is 0 Å². The molecule has 1 N–H and O–H groups in total. The highest BCUT2D eigenvalue weighted by Gasteiger charge is 2.37. The smallest absolute Gasteiger partial charge is 0.313 e. The van der Waals surface area contributed by atoms with Gasteiger partial charge in [-0.15, -0.1) is 0 Å². The number of fused-ring (bicyclic) bond motifs is 2. The van der Waals surface area contributed by atoms with Gasteiger partial charge in [-0.2, -0.15) is 25.3 Å². The molecule has 2 aliphatic rings. The van der Waals surface area contributed by atoms with Gasteiger partial charge in [0.1, 0.15) is 0 Å². The maximum absolute atomic E-state index is 9.29. The summed E-state index contributed by atoms with van der Waals surface area (Å²) in [5, 5.41) is 8.42. The monoisotopic (exact) mass is 220 g/mol. The van der Waals surface area contributed by atoms with Crippen LogP contribution in [0, 0.1) is 11.8 Å². The van der Waals surface area contributed by atoms with E-state index in [0.717, 1.165) is 17.1 Å². The van der Waals surface area contributed by atoms with Gasteiger partial charge in [0.25, 0.3) is 0 Å². The summed E-state index contributed by atoms with van der Waals surface area (Å²) >= 11 is 7.91. The van der Waals surface area contributed by atoms with Crippen LogP contribution in [0.3, 0.4) is 0 Å². The zero-order valence-corrected chi connectivity index (χ0v) is 9.31. The van der Waals surface area contributed by atoms with Crippen LogP contribution in [0.5, 0.6) is 0 Å². The maximum atomic E-state index is 9.29. The third kappa shape index (κ3) is 3.43. The molecular weight excluding hydrogens is 204 g/mol. The van der Waals surface area contributed by atoms with Crippen molar-refractivity contribution < 1.29 is 9.90 Å². The Bertz CT molecular complexity index is 182. The number of carboxylic acid groups (broad SMARTS) is 1. The molecule has 2 bridgehead atoms. The molecule has 2 fully saturated rings. The van der Waals surface area contributed by atoms with Crippen LogP contribution in [0.25, 0.3) is 0 Å². The van der Waals surface area contributed by atoms with Gasteiger partial charge in [-0.3, -0.25) is 4.79 Å². The van der Waals surface area contributed by atoms with Gasteiger partial charge in [-0.1, -0.05) is 6.42 Å². The first kappa shape index (κ1) is 11.2. The standard InChI is InChI=1S/C7H12S.C2H4O2S/c8-7-4-5-1-2-6(7)3-5;3-2(4)1-5/h5-8H,1-4H2;5H,1H2,(H,3,4). The van der Waals surface area contributed by atoms with Crippen molar-refractivity contribution in [2.24, 2.45) is 11.8 Å². The van der Waals surface area contributed by atoms with E-state index < -0.39 is 5.97 Å². The first-order chi connectivity index (χ1) is 6.13. The van der Waals surface area contributed by atoms with Crippen LogP contribution in [0.4, 0.5) is 0 Å². The van der Waals surface area contributed by atoms with Gasteiger partial charge in [0.15, 0.2) is 0 Å². The molecule has 0 amide bonds. The zero-order chi connectivity index (χ0) is 9.84. The third-order valence-electron chi connectivity index (χ3n) is 2.84. The van der Waals surface area contributed by atoms with Gasteiger partial charge in [0.05, 0.1) is 5.75 Å². The van der Waals surface area contributed by atoms with Gasteiger partial charge in [-0.25, -0.2) is 0 Å². The predicted molar refractivity (Wildman–Crippen MR) is 59.7 cm³/mol. The second-order valence-corrected chi connectivity index (χ2v) is 4.77. The number of hydrogen-bond acceptors (Lipinski definition) is 3. The number of thiol groups is 2. The summed E-state index contributed by atoms with van der Waals surface area (Å²) in [4.78, 5) is 9.29. The van der Waals surface area contributed by atoms with E-state index in [4.69, 9.17) is 5.11 Å². The van der Waals surface area contributed by atoms with E-state index in [2.05, 4.69) is 25.3 Å². The summed E-state index contributed by atoms with van der Waals surface area (Å²) in [7, 11) is 0. The minimum atomic E-state index is -0.881. The Labute approximate surface area is 89.9 Å². The van der Waals surface area contributed by atoms with E-state index in [1.165, 1.54) is 25.7 Å². The molecule has 0 radical (unpaired) electrons. The number of carboxylic acids is 1. The lowest BCUT2D eigenvalue weighted by Crippen LogP contribution is -2.08. The largest absolute Gasteiger partial charge is 0.481 e. The van der Waals surface area contributed by atoms with Gasteiger partial charge < -0.3 is 5.11 Å². The molecule has 2 rings (SSSR count). The van der Waals surface area contributed by atoms with E-state index in [1.54, 1.807) is 0 Å². The third-order valence-corrected chi connectivity index (χ3v) is 3.74. The van der Waals surface area contributed by atoms with Gasteiger partial charge >= 0.3 is 5.97 Å². The molecule has 0 aromatic carbocycles. The lowest BCUT2D eigenvalue weighted by atomic mass is 10.0. The molecule has 0 aliphatic heterocycles. The second-order valence-electron chi connectivity index (χ2n) is 3.79. The topological polar surface area (TPSA) is 37.3 Å². The molecule has 0 heterocycles. The van der Waals surface area contributed by atoms with Crippen LogP contribution in [-0.2, 0) is 4.79 Å². The van der Waals surface area contributed by atoms with Crippen molar-refractivity contribution in [3.05, 3.63) is 0 Å². The Morgan fingerprint density at radius 1 is 1.38 bits per heavy atom. The van der Waals surface area contributed by atoms with Crippen molar-refractivity contribution in [1.29, 1.82) is 0 Å². The summed E-state index contributed by atoms with van der Waals surface area (Å²) in [6, 6.07) is 0. The fourth-order valence-electron chi connectivity index (χ4n) is 2.21. The zero-order valence-electron chi connectivity index (χ0n) is 7.52. The molecule has 2 aliphatic carbocycles. The molecule has 0 saturated heterocycles. The molecular formula is C9H16O2S2. The molecule has 0 spiro atoms. The fourth-order valence-corrected chi connectivity index (χ4v) is 2.78. The van der Waals surface area contributed by atoms with E-state index in [0.29, 0.717) is 0 Å². The van der Waals surface area contributed by atoms with Gasteiger partial charge in [-0.05, 0) is 31.1 Å². The van der Waals surface area contributed by atoms with Crippen LogP contribution in [-0.4, -0.2) is 22.1 Å². The highest BCUT2D eigenvalue weighted by Crippen LogP contribution is 2.46. The van der Waals surface area contributed by atoms with Crippen LogP contribution in [0.15, 0.2) is 0 Å². The summed E-state index contributed by atoms with van der Waals surface area (Å²) in [5.41, 5.74) is 0. The Morgan fingerprint density at radius 2 is 2.00 bits per heavy atom. The van der Waals surface area contributed by atoms with Crippen molar-refractivity contribution in [2.45, 2.75) is 30.9 Å². The van der Waals surface area contributed by atoms with Crippen molar-refractivity contribution >= 4 is 31.2 Å². The molecule has 2 saturated carbocycles. The minimum Gasteiger partial charge on any atom is -0.481 e. The summed E-state index contributed by atoms with van der Waals surface area (Å²) < 4.78 is 0. The highest BCUT2D eigenvalue weighted by atomic mass is 32.1. The van der Waals surface area contributed by atoms with Crippen LogP contribution < -0.4 is 0 Å². The SMILES string of the molecule is O=C(O)CS.SC1CC2CCC1C2. The minimum absolute atomic E-state index is 0.0833. The average Bonchev–Trinajstić information content (AvgIpc) is 2.65. The molecule has 13 heavy (non-hydrogen) atoms. The van der Waals surface area contributed by atoms with Crippen LogP contribution >= 0.6 is 25.3 Å². The number of carbonyl (C=O) groups is 1. The number of hydrogen-bond donors (Lipinski definition) is 3.